The Morgan fingerprint density at radius 2 is 2.06 bits per heavy atom. The van der Waals surface area contributed by atoms with Gasteiger partial charge in [-0.05, 0) is 54.1 Å². The zero-order valence-electron chi connectivity index (χ0n) is 18.4. The van der Waals surface area contributed by atoms with E-state index in [2.05, 4.69) is 26.3 Å². The van der Waals surface area contributed by atoms with E-state index in [-0.39, 0.29) is 4.21 Å². The molecule has 2 heterocycles. The van der Waals surface area contributed by atoms with Crippen molar-refractivity contribution in [2.24, 2.45) is 0 Å². The standard InChI is InChI=1S/C24H26N4O4S2/c29-22(17-3-1-4-18(13-17)28-34(30,31)23-5-2-12-33-23)15-25-10-11-32-19-8-9-20-21(14-19)26-27-24(20)16-6-7-16/h1-5,8-9,12-14,16,22,25,28-29H,6-7,10-11,15H2,(H,26,27)/t22-/m0/s1. The van der Waals surface area contributed by atoms with Gasteiger partial charge in [-0.25, -0.2) is 8.42 Å². The monoisotopic (exact) mass is 498 g/mol. The Bertz CT molecular complexity index is 1360. The molecule has 1 aliphatic carbocycles. The molecule has 0 unspecified atom stereocenters. The van der Waals surface area contributed by atoms with Crippen molar-refractivity contribution in [2.75, 3.05) is 24.4 Å². The second kappa shape index (κ2) is 9.75. The summed E-state index contributed by atoms with van der Waals surface area (Å²) in [5, 5.41) is 24.1. The van der Waals surface area contributed by atoms with E-state index in [1.54, 1.807) is 41.8 Å². The van der Waals surface area contributed by atoms with Gasteiger partial charge in [-0.15, -0.1) is 11.3 Å². The third-order valence-electron chi connectivity index (χ3n) is 5.70. The Balaban J connectivity index is 1.09. The Hall–Kier alpha value is -2.92. The van der Waals surface area contributed by atoms with Crippen LogP contribution < -0.4 is 14.8 Å². The lowest BCUT2D eigenvalue weighted by atomic mass is 10.1. The fraction of sp³-hybridized carbons (Fsp3) is 0.292. The van der Waals surface area contributed by atoms with Gasteiger partial charge in [-0.2, -0.15) is 5.10 Å². The maximum absolute atomic E-state index is 12.4. The van der Waals surface area contributed by atoms with Crippen molar-refractivity contribution < 1.29 is 18.3 Å². The van der Waals surface area contributed by atoms with Crippen LogP contribution in [0.15, 0.2) is 64.2 Å². The summed E-state index contributed by atoms with van der Waals surface area (Å²) in [4.78, 5) is 0. The first-order valence-electron chi connectivity index (χ1n) is 11.2. The van der Waals surface area contributed by atoms with Gasteiger partial charge in [0.15, 0.2) is 0 Å². The number of aromatic nitrogens is 2. The van der Waals surface area contributed by atoms with Crippen molar-refractivity contribution in [1.82, 2.24) is 15.5 Å². The summed E-state index contributed by atoms with van der Waals surface area (Å²) in [6.45, 7) is 1.31. The molecule has 178 valence electrons. The number of aliphatic hydroxyl groups excluding tert-OH is 1. The van der Waals surface area contributed by atoms with Gasteiger partial charge in [-0.1, -0.05) is 18.2 Å². The second-order valence-corrected chi connectivity index (χ2v) is 11.2. The predicted molar refractivity (Wildman–Crippen MR) is 133 cm³/mol. The quantitative estimate of drug-likeness (QED) is 0.232. The molecule has 8 nitrogen and oxygen atoms in total. The van der Waals surface area contributed by atoms with Gasteiger partial charge in [0, 0.05) is 36.1 Å². The van der Waals surface area contributed by atoms with Gasteiger partial charge >= 0.3 is 0 Å². The molecule has 0 aliphatic heterocycles. The van der Waals surface area contributed by atoms with Gasteiger partial charge in [0.1, 0.15) is 16.6 Å². The van der Waals surface area contributed by atoms with Gasteiger partial charge in [0.05, 0.1) is 17.3 Å². The zero-order chi connectivity index (χ0) is 23.5. The normalized spacial score (nSPS) is 14.9. The van der Waals surface area contributed by atoms with Crippen molar-refractivity contribution in [2.45, 2.75) is 29.1 Å². The lowest BCUT2D eigenvalue weighted by Gasteiger charge is -2.14. The highest BCUT2D eigenvalue weighted by molar-refractivity contribution is 7.94. The number of nitrogens with zero attached hydrogens (tertiary/aromatic N) is 1. The molecule has 1 aliphatic rings. The highest BCUT2D eigenvalue weighted by atomic mass is 32.2. The molecule has 4 N–H and O–H groups in total. The summed E-state index contributed by atoms with van der Waals surface area (Å²) in [5.41, 5.74) is 3.17. The topological polar surface area (TPSA) is 116 Å². The van der Waals surface area contributed by atoms with Crippen LogP contribution in [0.1, 0.15) is 36.1 Å². The van der Waals surface area contributed by atoms with Gasteiger partial charge in [0.25, 0.3) is 10.0 Å². The van der Waals surface area contributed by atoms with E-state index in [1.807, 2.05) is 12.1 Å². The van der Waals surface area contributed by atoms with E-state index >= 15 is 0 Å². The molecule has 2 aromatic heterocycles. The summed E-state index contributed by atoms with van der Waals surface area (Å²) in [7, 11) is -3.63. The molecule has 5 rings (SSSR count). The van der Waals surface area contributed by atoms with Crippen LogP contribution in [0.4, 0.5) is 5.69 Å². The van der Waals surface area contributed by atoms with Crippen molar-refractivity contribution in [3.63, 3.8) is 0 Å². The number of nitrogens with one attached hydrogen (secondary N) is 3. The van der Waals surface area contributed by atoms with Gasteiger partial charge in [-0.3, -0.25) is 9.82 Å². The molecule has 10 heteroatoms. The largest absolute Gasteiger partial charge is 0.492 e. The first kappa shape index (κ1) is 22.9. The summed E-state index contributed by atoms with van der Waals surface area (Å²) in [6.07, 6.45) is 1.64. The average molecular weight is 499 g/mol. The number of thiophene rings is 1. The molecular weight excluding hydrogens is 472 g/mol. The Morgan fingerprint density at radius 3 is 2.85 bits per heavy atom. The van der Waals surface area contributed by atoms with Crippen LogP contribution in [0, 0.1) is 0 Å². The van der Waals surface area contributed by atoms with Crippen molar-refractivity contribution in [3.05, 3.63) is 71.2 Å². The summed E-state index contributed by atoms with van der Waals surface area (Å²) >= 11 is 1.15. The van der Waals surface area contributed by atoms with E-state index in [4.69, 9.17) is 4.74 Å². The van der Waals surface area contributed by atoms with Gasteiger partial charge in [0.2, 0.25) is 0 Å². The molecule has 0 bridgehead atoms. The van der Waals surface area contributed by atoms with Crippen LogP contribution in [0.2, 0.25) is 0 Å². The van der Waals surface area contributed by atoms with E-state index in [1.165, 1.54) is 12.8 Å². The molecule has 0 saturated heterocycles. The number of benzene rings is 2. The van der Waals surface area contributed by atoms with Gasteiger partial charge < -0.3 is 15.2 Å². The number of hydrogen-bond acceptors (Lipinski definition) is 7. The fourth-order valence-electron chi connectivity index (χ4n) is 3.81. The first-order valence-corrected chi connectivity index (χ1v) is 13.5. The number of ether oxygens (including phenoxy) is 1. The summed E-state index contributed by atoms with van der Waals surface area (Å²) in [5.74, 6) is 1.37. The van der Waals surface area contributed by atoms with Crippen LogP contribution >= 0.6 is 11.3 Å². The SMILES string of the molecule is O=S(=O)(Nc1cccc([C@@H](O)CNCCOc2ccc3c(C4CC4)n[nH]c3c2)c1)c1cccs1. The molecule has 4 aromatic rings. The van der Waals surface area contributed by atoms with Crippen LogP contribution in [0.5, 0.6) is 5.75 Å². The minimum atomic E-state index is -3.63. The number of aliphatic hydroxyl groups is 1. The highest BCUT2D eigenvalue weighted by Gasteiger charge is 2.27. The fourth-order valence-corrected chi connectivity index (χ4v) is 5.85. The maximum Gasteiger partial charge on any atom is 0.271 e. The van der Waals surface area contributed by atoms with E-state index in [0.717, 1.165) is 33.7 Å². The Morgan fingerprint density at radius 1 is 1.18 bits per heavy atom. The number of rotatable bonds is 11. The lowest BCUT2D eigenvalue weighted by molar-refractivity contribution is 0.172. The van der Waals surface area contributed by atoms with Crippen molar-refractivity contribution in [1.29, 1.82) is 0 Å². The van der Waals surface area contributed by atoms with Crippen LogP contribution in [0.3, 0.4) is 0 Å². The van der Waals surface area contributed by atoms with E-state index < -0.39 is 16.1 Å². The lowest BCUT2D eigenvalue weighted by Crippen LogP contribution is -2.26. The molecule has 0 radical (unpaired) electrons. The average Bonchev–Trinajstić information content (AvgIpc) is 3.33. The summed E-state index contributed by atoms with van der Waals surface area (Å²) < 4.78 is 33.5. The van der Waals surface area contributed by atoms with E-state index in [0.29, 0.717) is 36.9 Å². The van der Waals surface area contributed by atoms with E-state index in [9.17, 15) is 13.5 Å². The molecule has 2 aromatic carbocycles. The number of fused-ring (bicyclic) bond motifs is 1. The Kier molecular flexibility index (Phi) is 6.55. The molecular formula is C24H26N4O4S2. The number of H-pyrrole nitrogens is 1. The number of sulfonamides is 1. The van der Waals surface area contributed by atoms with Crippen LogP contribution in [-0.2, 0) is 10.0 Å². The molecule has 1 fully saturated rings. The first-order chi connectivity index (χ1) is 16.5. The minimum Gasteiger partial charge on any atom is -0.492 e. The molecule has 0 spiro atoms. The highest BCUT2D eigenvalue weighted by Crippen LogP contribution is 2.42. The van der Waals surface area contributed by atoms with Crippen LogP contribution in [-0.4, -0.2) is 43.4 Å². The van der Waals surface area contributed by atoms with Crippen molar-refractivity contribution in [3.8, 4) is 5.75 Å². The third kappa shape index (κ3) is 5.25. The smallest absolute Gasteiger partial charge is 0.271 e. The molecule has 1 atom stereocenters. The number of anilines is 1. The number of hydrogen-bond donors (Lipinski definition) is 4. The second-order valence-electron chi connectivity index (χ2n) is 8.32. The molecule has 0 amide bonds. The Labute approximate surface area is 202 Å². The van der Waals surface area contributed by atoms with Crippen LogP contribution in [0.25, 0.3) is 10.9 Å². The zero-order valence-corrected chi connectivity index (χ0v) is 20.0. The maximum atomic E-state index is 12.4. The molecule has 1 saturated carbocycles. The minimum absolute atomic E-state index is 0.246. The van der Waals surface area contributed by atoms with Crippen molar-refractivity contribution >= 4 is 38.0 Å². The summed E-state index contributed by atoms with van der Waals surface area (Å²) in [6, 6.07) is 16.0. The third-order valence-corrected chi connectivity index (χ3v) is 8.48. The number of aromatic amines is 1. The molecule has 34 heavy (non-hydrogen) atoms. The predicted octanol–water partition coefficient (Wildman–Crippen LogP) is 4.00.